The molecule has 2 aromatic carbocycles. The molecule has 2 rings (SSSR count). The number of carbonyl (C=O) groups excluding carboxylic acids is 1. The van der Waals surface area contributed by atoms with E-state index in [1.807, 2.05) is 61.5 Å². The van der Waals surface area contributed by atoms with Gasteiger partial charge >= 0.3 is 0 Å². The molecule has 2 unspecified atom stereocenters. The van der Waals surface area contributed by atoms with Gasteiger partial charge in [-0.2, -0.15) is 0 Å². The van der Waals surface area contributed by atoms with E-state index in [2.05, 4.69) is 19.2 Å². The van der Waals surface area contributed by atoms with Crippen LogP contribution >= 0.6 is 11.8 Å². The second-order valence-electron chi connectivity index (χ2n) is 6.20. The quantitative estimate of drug-likeness (QED) is 0.731. The van der Waals surface area contributed by atoms with Gasteiger partial charge in [0.15, 0.2) is 0 Å². The van der Waals surface area contributed by atoms with Gasteiger partial charge in [0.2, 0.25) is 0 Å². The summed E-state index contributed by atoms with van der Waals surface area (Å²) in [6, 6.07) is 17.1. The zero-order valence-corrected chi connectivity index (χ0v) is 15.2. The molecule has 0 aliphatic carbocycles. The van der Waals surface area contributed by atoms with Crippen LogP contribution in [-0.4, -0.2) is 22.3 Å². The van der Waals surface area contributed by atoms with Gasteiger partial charge in [0.1, 0.15) is 0 Å². The fourth-order valence-corrected chi connectivity index (χ4v) is 3.47. The Morgan fingerprint density at radius 3 is 2.33 bits per heavy atom. The van der Waals surface area contributed by atoms with Gasteiger partial charge < -0.3 is 10.4 Å². The van der Waals surface area contributed by atoms with Gasteiger partial charge in [0, 0.05) is 16.2 Å². The molecule has 128 valence electrons. The molecule has 3 nitrogen and oxygen atoms in total. The van der Waals surface area contributed by atoms with Crippen LogP contribution in [0.2, 0.25) is 0 Å². The van der Waals surface area contributed by atoms with E-state index >= 15 is 0 Å². The average molecular weight is 343 g/mol. The molecule has 0 radical (unpaired) electrons. The zero-order chi connectivity index (χ0) is 17.5. The van der Waals surface area contributed by atoms with Crippen molar-refractivity contribution in [1.29, 1.82) is 0 Å². The van der Waals surface area contributed by atoms with Crippen molar-refractivity contribution in [2.75, 3.05) is 0 Å². The normalized spacial score (nSPS) is 13.5. The minimum Gasteiger partial charge on any atom is -0.388 e. The first kappa shape index (κ1) is 18.6. The number of hydrogen-bond acceptors (Lipinski definition) is 3. The van der Waals surface area contributed by atoms with Crippen LogP contribution in [0.4, 0.5) is 0 Å². The molecular formula is C20H25NO2S. The van der Waals surface area contributed by atoms with Crippen molar-refractivity contribution in [1.82, 2.24) is 5.32 Å². The van der Waals surface area contributed by atoms with E-state index in [4.69, 9.17) is 0 Å². The van der Waals surface area contributed by atoms with E-state index < -0.39 is 6.10 Å². The van der Waals surface area contributed by atoms with Crippen LogP contribution in [0.15, 0.2) is 59.5 Å². The number of hydrogen-bond donors (Lipinski definition) is 2. The predicted molar refractivity (Wildman–Crippen MR) is 100 cm³/mol. The third kappa shape index (κ3) is 5.39. The fraction of sp³-hybridized carbons (Fsp3) is 0.350. The van der Waals surface area contributed by atoms with Crippen molar-refractivity contribution in [2.45, 2.75) is 49.5 Å². The Hall–Kier alpha value is -1.78. The molecule has 0 fully saturated rings. The summed E-state index contributed by atoms with van der Waals surface area (Å²) >= 11 is 1.68. The summed E-state index contributed by atoms with van der Waals surface area (Å²) in [5.41, 5.74) is 1.56. The summed E-state index contributed by atoms with van der Waals surface area (Å²) in [6.07, 6.45) is -0.100. The number of thioether (sulfide) groups is 1. The van der Waals surface area contributed by atoms with E-state index in [-0.39, 0.29) is 11.9 Å². The van der Waals surface area contributed by atoms with Gasteiger partial charge in [0.25, 0.3) is 5.91 Å². The maximum atomic E-state index is 12.6. The van der Waals surface area contributed by atoms with Gasteiger partial charge in [-0.3, -0.25) is 4.79 Å². The summed E-state index contributed by atoms with van der Waals surface area (Å²) in [7, 11) is 0. The number of nitrogens with one attached hydrogen (secondary N) is 1. The largest absolute Gasteiger partial charge is 0.388 e. The highest BCUT2D eigenvalue weighted by atomic mass is 32.2. The molecule has 0 saturated carbocycles. The number of rotatable bonds is 7. The maximum absolute atomic E-state index is 12.6. The summed E-state index contributed by atoms with van der Waals surface area (Å²) in [4.78, 5) is 13.6. The first-order chi connectivity index (χ1) is 11.5. The van der Waals surface area contributed by atoms with Crippen LogP contribution in [-0.2, 0) is 0 Å². The van der Waals surface area contributed by atoms with E-state index in [1.54, 1.807) is 11.8 Å². The number of benzene rings is 2. The predicted octanol–water partition coefficient (Wildman–Crippen LogP) is 4.43. The smallest absolute Gasteiger partial charge is 0.252 e. The number of carbonyl (C=O) groups is 1. The lowest BCUT2D eigenvalue weighted by atomic mass is 10.0. The first-order valence-corrected chi connectivity index (χ1v) is 9.15. The molecule has 0 heterocycles. The van der Waals surface area contributed by atoms with E-state index in [0.717, 1.165) is 10.5 Å². The second kappa shape index (κ2) is 8.90. The molecule has 0 saturated heterocycles. The fourth-order valence-electron chi connectivity index (χ4n) is 2.52. The van der Waals surface area contributed by atoms with Gasteiger partial charge in [-0.05, 0) is 31.0 Å². The Bertz CT molecular complexity index is 658. The highest BCUT2D eigenvalue weighted by molar-refractivity contribution is 8.00. The average Bonchev–Trinajstić information content (AvgIpc) is 2.55. The highest BCUT2D eigenvalue weighted by Gasteiger charge is 2.17. The van der Waals surface area contributed by atoms with E-state index in [9.17, 15) is 9.90 Å². The zero-order valence-electron chi connectivity index (χ0n) is 14.4. The summed E-state index contributed by atoms with van der Waals surface area (Å²) in [6.45, 7) is 6.14. The van der Waals surface area contributed by atoms with Gasteiger partial charge in [-0.25, -0.2) is 0 Å². The Morgan fingerprint density at radius 1 is 1.04 bits per heavy atom. The Morgan fingerprint density at radius 2 is 1.67 bits per heavy atom. The monoisotopic (exact) mass is 343 g/mol. The molecular weight excluding hydrogens is 318 g/mol. The molecule has 2 aromatic rings. The van der Waals surface area contributed by atoms with Crippen molar-refractivity contribution in [2.24, 2.45) is 0 Å². The van der Waals surface area contributed by atoms with Crippen molar-refractivity contribution in [3.63, 3.8) is 0 Å². The number of aliphatic hydroxyl groups is 1. The molecule has 4 heteroatoms. The summed E-state index contributed by atoms with van der Waals surface area (Å²) in [5.74, 6) is -0.0912. The Labute approximate surface area is 148 Å². The molecule has 1 amide bonds. The van der Waals surface area contributed by atoms with Gasteiger partial charge in [0.05, 0.1) is 11.7 Å². The van der Waals surface area contributed by atoms with Crippen molar-refractivity contribution in [3.8, 4) is 0 Å². The van der Waals surface area contributed by atoms with Gasteiger partial charge in [-0.15, -0.1) is 11.8 Å². The van der Waals surface area contributed by atoms with Gasteiger partial charge in [-0.1, -0.05) is 56.3 Å². The lowest BCUT2D eigenvalue weighted by molar-refractivity contribution is 0.0914. The standard InChI is InChI=1S/C20H25NO2S/c1-14(2)24-19-12-8-7-11-17(19)20(23)21-15(3)13-18(22)16-9-5-4-6-10-16/h4-12,14-15,18,22H,13H2,1-3H3,(H,21,23). The third-order valence-electron chi connectivity index (χ3n) is 3.63. The SMILES string of the molecule is CC(CC(O)c1ccccc1)NC(=O)c1ccccc1SC(C)C. The van der Waals surface area contributed by atoms with Crippen molar-refractivity contribution >= 4 is 17.7 Å². The lowest BCUT2D eigenvalue weighted by Crippen LogP contribution is -2.34. The highest BCUT2D eigenvalue weighted by Crippen LogP contribution is 2.26. The molecule has 0 aliphatic rings. The van der Waals surface area contributed by atoms with Crippen molar-refractivity contribution < 1.29 is 9.90 Å². The minimum absolute atomic E-state index is 0.0912. The van der Waals surface area contributed by atoms with Crippen molar-refractivity contribution in [3.05, 3.63) is 65.7 Å². The summed E-state index contributed by atoms with van der Waals surface area (Å²) < 4.78 is 0. The topological polar surface area (TPSA) is 49.3 Å². The Kier molecular flexibility index (Phi) is 6.88. The lowest BCUT2D eigenvalue weighted by Gasteiger charge is -2.19. The molecule has 0 spiro atoms. The molecule has 24 heavy (non-hydrogen) atoms. The molecule has 0 bridgehead atoms. The van der Waals surface area contributed by atoms with E-state index in [0.29, 0.717) is 17.2 Å². The third-order valence-corrected chi connectivity index (χ3v) is 4.71. The molecule has 0 aliphatic heterocycles. The minimum atomic E-state index is -0.582. The van der Waals surface area contributed by atoms with Crippen LogP contribution in [0.5, 0.6) is 0 Å². The van der Waals surface area contributed by atoms with Crippen LogP contribution in [0.3, 0.4) is 0 Å². The summed E-state index contributed by atoms with van der Waals surface area (Å²) in [5, 5.41) is 13.7. The molecule has 2 N–H and O–H groups in total. The number of aliphatic hydroxyl groups excluding tert-OH is 1. The molecule has 0 aromatic heterocycles. The van der Waals surface area contributed by atoms with Crippen LogP contribution < -0.4 is 5.32 Å². The van der Waals surface area contributed by atoms with E-state index in [1.165, 1.54) is 0 Å². The first-order valence-electron chi connectivity index (χ1n) is 8.27. The van der Waals surface area contributed by atoms with Crippen LogP contribution in [0.25, 0.3) is 0 Å². The Balaban J connectivity index is 1.99. The molecule has 2 atom stereocenters. The van der Waals surface area contributed by atoms with Crippen LogP contribution in [0, 0.1) is 0 Å². The second-order valence-corrected chi connectivity index (χ2v) is 7.82. The maximum Gasteiger partial charge on any atom is 0.252 e. The number of amides is 1. The van der Waals surface area contributed by atoms with Crippen LogP contribution in [0.1, 0.15) is 49.2 Å².